The van der Waals surface area contributed by atoms with Gasteiger partial charge in [-0.2, -0.15) is 4.52 Å². The Labute approximate surface area is 110 Å². The molecule has 3 rings (SSSR count). The number of rotatable bonds is 4. The number of nitrogens with two attached hydrogens (primary N) is 1. The number of hydrogen-bond acceptors (Lipinski definition) is 5. The fourth-order valence-corrected chi connectivity index (χ4v) is 1.99. The van der Waals surface area contributed by atoms with Crippen molar-refractivity contribution in [3.63, 3.8) is 0 Å². The average Bonchev–Trinajstić information content (AvgIpc) is 3.07. The molecule has 0 aliphatic heterocycles. The second-order valence-electron chi connectivity index (χ2n) is 4.39. The molecule has 2 N–H and O–H groups in total. The van der Waals surface area contributed by atoms with Gasteiger partial charge in [0.25, 0.3) is 0 Å². The first-order valence-corrected chi connectivity index (χ1v) is 6.33. The van der Waals surface area contributed by atoms with Crippen molar-refractivity contribution in [2.45, 2.75) is 26.2 Å². The summed E-state index contributed by atoms with van der Waals surface area (Å²) in [7, 11) is 0. The van der Waals surface area contributed by atoms with Gasteiger partial charge < -0.3 is 10.2 Å². The molecular formula is C13H15N5O. The van der Waals surface area contributed by atoms with Gasteiger partial charge in [0.15, 0.2) is 11.4 Å². The first kappa shape index (κ1) is 11.7. The van der Waals surface area contributed by atoms with E-state index in [4.69, 9.17) is 10.2 Å². The van der Waals surface area contributed by atoms with Crippen LogP contribution in [0.5, 0.6) is 0 Å². The van der Waals surface area contributed by atoms with Gasteiger partial charge in [0.2, 0.25) is 11.8 Å². The lowest BCUT2D eigenvalue weighted by atomic mass is 10.1. The highest BCUT2D eigenvalue weighted by Gasteiger charge is 2.13. The van der Waals surface area contributed by atoms with Crippen LogP contribution in [0, 0.1) is 0 Å². The van der Waals surface area contributed by atoms with Crippen LogP contribution >= 0.6 is 0 Å². The van der Waals surface area contributed by atoms with E-state index < -0.39 is 0 Å². The Hall–Kier alpha value is -2.37. The maximum atomic E-state index is 5.84. The standard InChI is InChI=1S/C13H15N5O/c1-2-3-5-9-8-15-13(14)18-12(9)16-11(17-18)10-6-4-7-19-10/h4,6-8H,2-3,5H2,1H3,(H2,14,15). The molecular weight excluding hydrogens is 242 g/mol. The molecule has 0 spiro atoms. The van der Waals surface area contributed by atoms with Crippen LogP contribution < -0.4 is 5.73 Å². The van der Waals surface area contributed by atoms with Crippen molar-refractivity contribution >= 4 is 11.6 Å². The fourth-order valence-electron chi connectivity index (χ4n) is 1.99. The topological polar surface area (TPSA) is 82.2 Å². The van der Waals surface area contributed by atoms with Crippen LogP contribution in [0.2, 0.25) is 0 Å². The molecule has 3 aromatic rings. The summed E-state index contributed by atoms with van der Waals surface area (Å²) in [6.07, 6.45) is 6.50. The molecule has 6 nitrogen and oxygen atoms in total. The van der Waals surface area contributed by atoms with Crippen LogP contribution in [0.3, 0.4) is 0 Å². The number of aryl methyl sites for hydroxylation is 1. The molecule has 0 amide bonds. The van der Waals surface area contributed by atoms with Crippen molar-refractivity contribution in [2.75, 3.05) is 5.73 Å². The lowest BCUT2D eigenvalue weighted by molar-refractivity contribution is 0.577. The Morgan fingerprint density at radius 3 is 3.05 bits per heavy atom. The van der Waals surface area contributed by atoms with E-state index in [1.165, 1.54) is 0 Å². The van der Waals surface area contributed by atoms with Crippen LogP contribution in [-0.4, -0.2) is 19.6 Å². The van der Waals surface area contributed by atoms with Gasteiger partial charge in [-0.1, -0.05) is 13.3 Å². The molecule has 0 aliphatic carbocycles. The van der Waals surface area contributed by atoms with E-state index in [0.717, 1.165) is 30.5 Å². The molecule has 0 fully saturated rings. The van der Waals surface area contributed by atoms with Crippen molar-refractivity contribution in [2.24, 2.45) is 0 Å². The summed E-state index contributed by atoms with van der Waals surface area (Å²) in [5.41, 5.74) is 7.65. The van der Waals surface area contributed by atoms with E-state index in [1.807, 2.05) is 6.07 Å². The van der Waals surface area contributed by atoms with Crippen LogP contribution in [-0.2, 0) is 6.42 Å². The molecule has 98 valence electrons. The predicted molar refractivity (Wildman–Crippen MR) is 71.5 cm³/mol. The Morgan fingerprint density at radius 2 is 2.32 bits per heavy atom. The van der Waals surface area contributed by atoms with E-state index in [9.17, 15) is 0 Å². The van der Waals surface area contributed by atoms with E-state index in [1.54, 1.807) is 23.0 Å². The molecule has 0 radical (unpaired) electrons. The molecule has 19 heavy (non-hydrogen) atoms. The zero-order valence-corrected chi connectivity index (χ0v) is 10.7. The van der Waals surface area contributed by atoms with Gasteiger partial charge in [-0.05, 0) is 25.0 Å². The molecule has 0 aromatic carbocycles. The molecule has 0 bridgehead atoms. The number of furan rings is 1. The summed E-state index contributed by atoms with van der Waals surface area (Å²) < 4.78 is 6.88. The second-order valence-corrected chi connectivity index (χ2v) is 4.39. The van der Waals surface area contributed by atoms with Crippen molar-refractivity contribution < 1.29 is 4.42 Å². The fraction of sp³-hybridized carbons (Fsp3) is 0.308. The Balaban J connectivity index is 2.12. The quantitative estimate of drug-likeness (QED) is 0.775. The second kappa shape index (κ2) is 4.72. The van der Waals surface area contributed by atoms with E-state index in [-0.39, 0.29) is 0 Å². The molecule has 3 heterocycles. The van der Waals surface area contributed by atoms with Gasteiger partial charge in [-0.15, -0.1) is 5.10 Å². The van der Waals surface area contributed by atoms with Gasteiger partial charge in [0.05, 0.1) is 6.26 Å². The van der Waals surface area contributed by atoms with Crippen molar-refractivity contribution in [3.05, 3.63) is 30.2 Å². The maximum Gasteiger partial charge on any atom is 0.223 e. The highest BCUT2D eigenvalue weighted by atomic mass is 16.3. The summed E-state index contributed by atoms with van der Waals surface area (Å²) in [6.45, 7) is 2.15. The average molecular weight is 257 g/mol. The van der Waals surface area contributed by atoms with Crippen LogP contribution in [0.4, 0.5) is 5.95 Å². The summed E-state index contributed by atoms with van der Waals surface area (Å²) in [6, 6.07) is 3.63. The zero-order valence-electron chi connectivity index (χ0n) is 10.7. The van der Waals surface area contributed by atoms with E-state index in [0.29, 0.717) is 17.5 Å². The third-order valence-corrected chi connectivity index (χ3v) is 3.01. The number of aromatic nitrogens is 4. The number of hydrogen-bond donors (Lipinski definition) is 1. The summed E-state index contributed by atoms with van der Waals surface area (Å²) in [5, 5.41) is 4.35. The van der Waals surface area contributed by atoms with Crippen LogP contribution in [0.25, 0.3) is 17.2 Å². The van der Waals surface area contributed by atoms with E-state index >= 15 is 0 Å². The van der Waals surface area contributed by atoms with Gasteiger partial charge in [0.1, 0.15) is 0 Å². The van der Waals surface area contributed by atoms with Gasteiger partial charge in [-0.3, -0.25) is 0 Å². The molecule has 0 unspecified atom stereocenters. The third kappa shape index (κ3) is 2.05. The minimum Gasteiger partial charge on any atom is -0.461 e. The number of unbranched alkanes of at least 4 members (excludes halogenated alkanes) is 1. The van der Waals surface area contributed by atoms with Crippen molar-refractivity contribution in [3.8, 4) is 11.6 Å². The first-order chi connectivity index (χ1) is 9.29. The Morgan fingerprint density at radius 1 is 1.42 bits per heavy atom. The normalized spacial score (nSPS) is 11.2. The summed E-state index contributed by atoms with van der Waals surface area (Å²) in [5.74, 6) is 1.49. The van der Waals surface area contributed by atoms with Gasteiger partial charge >= 0.3 is 0 Å². The molecule has 0 saturated heterocycles. The number of nitrogens with zero attached hydrogens (tertiary/aromatic N) is 4. The first-order valence-electron chi connectivity index (χ1n) is 6.33. The highest BCUT2D eigenvalue weighted by molar-refractivity contribution is 5.57. The lowest BCUT2D eigenvalue weighted by Gasteiger charge is -2.02. The van der Waals surface area contributed by atoms with Crippen molar-refractivity contribution in [1.29, 1.82) is 0 Å². The molecule has 0 aliphatic rings. The lowest BCUT2D eigenvalue weighted by Crippen LogP contribution is -2.04. The largest absolute Gasteiger partial charge is 0.461 e. The monoisotopic (exact) mass is 257 g/mol. The third-order valence-electron chi connectivity index (χ3n) is 3.01. The van der Waals surface area contributed by atoms with Crippen molar-refractivity contribution in [1.82, 2.24) is 19.6 Å². The number of fused-ring (bicyclic) bond motifs is 1. The van der Waals surface area contributed by atoms with Crippen LogP contribution in [0.15, 0.2) is 29.0 Å². The smallest absolute Gasteiger partial charge is 0.223 e. The highest BCUT2D eigenvalue weighted by Crippen LogP contribution is 2.20. The molecule has 3 aromatic heterocycles. The Bertz CT molecular complexity index is 686. The summed E-state index contributed by atoms with van der Waals surface area (Å²) in [4.78, 5) is 8.67. The minimum absolute atomic E-state index is 0.334. The Kier molecular flexibility index (Phi) is 2.91. The predicted octanol–water partition coefficient (Wildman–Crippen LogP) is 2.31. The van der Waals surface area contributed by atoms with Gasteiger partial charge in [-0.25, -0.2) is 9.97 Å². The molecule has 0 atom stereocenters. The maximum absolute atomic E-state index is 5.84. The van der Waals surface area contributed by atoms with E-state index in [2.05, 4.69) is 22.0 Å². The molecule has 6 heteroatoms. The SMILES string of the molecule is CCCCc1cnc(N)n2nc(-c3ccco3)nc12. The summed E-state index contributed by atoms with van der Waals surface area (Å²) >= 11 is 0. The zero-order chi connectivity index (χ0) is 13.2. The number of anilines is 1. The number of nitrogen functional groups attached to an aromatic ring is 1. The van der Waals surface area contributed by atoms with Gasteiger partial charge in [0, 0.05) is 11.8 Å². The minimum atomic E-state index is 0.334. The molecule has 0 saturated carbocycles. The van der Waals surface area contributed by atoms with Crippen LogP contribution in [0.1, 0.15) is 25.3 Å².